The number of hydrogen-bond donors (Lipinski definition) is 1. The first-order valence-corrected chi connectivity index (χ1v) is 7.69. The Balaban J connectivity index is 2.44. The fraction of sp³-hybridized carbons (Fsp3) is 0.538. The predicted octanol–water partition coefficient (Wildman–Crippen LogP) is 2.09. The van der Waals surface area contributed by atoms with Crippen molar-refractivity contribution < 1.29 is 13.2 Å². The Bertz CT molecular complexity index is 457. The first kappa shape index (κ1) is 15.1. The largest absolute Gasteiger partial charge is 0.381 e. The number of rotatable bonds is 8. The highest BCUT2D eigenvalue weighted by atomic mass is 32.2. The van der Waals surface area contributed by atoms with Crippen LogP contribution in [-0.4, -0.2) is 28.2 Å². The summed E-state index contributed by atoms with van der Waals surface area (Å²) >= 11 is 0. The topological polar surface area (TPSA) is 55.4 Å². The van der Waals surface area contributed by atoms with Crippen LogP contribution in [0.3, 0.4) is 0 Å². The van der Waals surface area contributed by atoms with Crippen LogP contribution in [-0.2, 0) is 14.8 Å². The zero-order chi connectivity index (χ0) is 13.4. The van der Waals surface area contributed by atoms with E-state index in [0.29, 0.717) is 24.5 Å². The quantitative estimate of drug-likeness (QED) is 0.737. The van der Waals surface area contributed by atoms with Crippen LogP contribution in [0.5, 0.6) is 0 Å². The van der Waals surface area contributed by atoms with Crippen molar-refractivity contribution in [2.45, 2.75) is 31.6 Å². The molecule has 1 rings (SSSR count). The molecule has 0 heterocycles. The van der Waals surface area contributed by atoms with E-state index in [0.717, 1.165) is 18.6 Å². The minimum atomic E-state index is -3.39. The lowest BCUT2D eigenvalue weighted by Crippen LogP contribution is -2.26. The molecule has 1 N–H and O–H groups in total. The van der Waals surface area contributed by atoms with Gasteiger partial charge in [-0.2, -0.15) is 0 Å². The maximum Gasteiger partial charge on any atom is 0.240 e. The summed E-state index contributed by atoms with van der Waals surface area (Å²) in [5.41, 5.74) is 0.757. The molecule has 0 radical (unpaired) electrons. The van der Waals surface area contributed by atoms with Crippen LogP contribution in [0.1, 0.15) is 25.3 Å². The fourth-order valence-corrected chi connectivity index (χ4v) is 2.88. The summed E-state index contributed by atoms with van der Waals surface area (Å²) in [4.78, 5) is 0.347. The van der Waals surface area contributed by atoms with E-state index in [9.17, 15) is 8.42 Å². The van der Waals surface area contributed by atoms with Crippen molar-refractivity contribution in [1.29, 1.82) is 0 Å². The third-order valence-electron chi connectivity index (χ3n) is 2.49. The molecule has 0 bridgehead atoms. The molecule has 1 aromatic rings. The highest BCUT2D eigenvalue weighted by molar-refractivity contribution is 7.89. The van der Waals surface area contributed by atoms with Gasteiger partial charge in [0.15, 0.2) is 0 Å². The normalized spacial score (nSPS) is 11.7. The third kappa shape index (κ3) is 4.76. The highest BCUT2D eigenvalue weighted by Gasteiger charge is 2.14. The van der Waals surface area contributed by atoms with Gasteiger partial charge in [0.05, 0.1) is 4.90 Å². The molecule has 0 aromatic heterocycles. The fourth-order valence-electron chi connectivity index (χ4n) is 1.56. The van der Waals surface area contributed by atoms with Crippen LogP contribution in [0.4, 0.5) is 0 Å². The second-order valence-corrected chi connectivity index (χ2v) is 5.86. The molecule has 0 amide bonds. The van der Waals surface area contributed by atoms with Crippen molar-refractivity contribution in [3.8, 4) is 0 Å². The smallest absolute Gasteiger partial charge is 0.240 e. The highest BCUT2D eigenvalue weighted by Crippen LogP contribution is 2.13. The van der Waals surface area contributed by atoms with E-state index in [2.05, 4.69) is 4.72 Å². The molecule has 0 aliphatic heterocycles. The minimum Gasteiger partial charge on any atom is -0.381 e. The molecule has 18 heavy (non-hydrogen) atoms. The summed E-state index contributed by atoms with van der Waals surface area (Å²) in [6.07, 6.45) is 1.67. The summed E-state index contributed by atoms with van der Waals surface area (Å²) in [7, 11) is -3.39. The van der Waals surface area contributed by atoms with E-state index < -0.39 is 10.0 Å². The van der Waals surface area contributed by atoms with Gasteiger partial charge in [0.25, 0.3) is 0 Å². The van der Waals surface area contributed by atoms with E-state index in [-0.39, 0.29) is 0 Å². The molecule has 0 atom stereocenters. The Morgan fingerprint density at radius 2 is 1.94 bits per heavy atom. The molecule has 0 aliphatic rings. The Kier molecular flexibility index (Phi) is 6.32. The molecule has 0 aliphatic carbocycles. The lowest BCUT2D eigenvalue weighted by molar-refractivity contribution is 0.133. The number of benzene rings is 1. The second kappa shape index (κ2) is 7.51. The maximum absolute atomic E-state index is 12.0. The van der Waals surface area contributed by atoms with Crippen molar-refractivity contribution in [2.24, 2.45) is 0 Å². The number of sulfonamides is 1. The lowest BCUT2D eigenvalue weighted by atomic mass is 10.2. The van der Waals surface area contributed by atoms with Gasteiger partial charge < -0.3 is 4.74 Å². The Labute approximate surface area is 109 Å². The predicted molar refractivity (Wildman–Crippen MR) is 72.1 cm³/mol. The van der Waals surface area contributed by atoms with Crippen LogP contribution in [0.15, 0.2) is 29.2 Å². The van der Waals surface area contributed by atoms with Crippen molar-refractivity contribution in [3.05, 3.63) is 29.8 Å². The zero-order valence-corrected chi connectivity index (χ0v) is 11.8. The van der Waals surface area contributed by atoms with Gasteiger partial charge in [0, 0.05) is 19.8 Å². The third-order valence-corrected chi connectivity index (χ3v) is 4.11. The standard InChI is InChI=1S/C13H21NO3S/c1-3-10-17-11-6-9-14-18(15,16)13-8-5-4-7-12(13)2/h4-5,7-8,14H,3,6,9-11H2,1-2H3. The van der Waals surface area contributed by atoms with Crippen molar-refractivity contribution in [1.82, 2.24) is 4.72 Å². The monoisotopic (exact) mass is 271 g/mol. The van der Waals surface area contributed by atoms with E-state index in [1.54, 1.807) is 25.1 Å². The lowest BCUT2D eigenvalue weighted by Gasteiger charge is -2.09. The molecule has 0 fully saturated rings. The van der Waals surface area contributed by atoms with Crippen LogP contribution >= 0.6 is 0 Å². The summed E-state index contributed by atoms with van der Waals surface area (Å²) in [5.74, 6) is 0. The van der Waals surface area contributed by atoms with Crippen molar-refractivity contribution in [2.75, 3.05) is 19.8 Å². The number of aryl methyl sites for hydroxylation is 1. The van der Waals surface area contributed by atoms with Crippen LogP contribution in [0.25, 0.3) is 0 Å². The molecule has 0 saturated carbocycles. The SMILES string of the molecule is CCCOCCCNS(=O)(=O)c1ccccc1C. The van der Waals surface area contributed by atoms with Gasteiger partial charge >= 0.3 is 0 Å². The number of ether oxygens (including phenoxy) is 1. The van der Waals surface area contributed by atoms with Gasteiger partial charge in [-0.05, 0) is 31.4 Å². The van der Waals surface area contributed by atoms with Crippen LogP contribution in [0, 0.1) is 6.92 Å². The van der Waals surface area contributed by atoms with Crippen LogP contribution < -0.4 is 4.72 Å². The molecule has 0 unspecified atom stereocenters. The molecule has 5 heteroatoms. The summed E-state index contributed by atoms with van der Waals surface area (Å²) < 4.78 is 31.9. The maximum atomic E-state index is 12.0. The first-order valence-electron chi connectivity index (χ1n) is 6.21. The Morgan fingerprint density at radius 3 is 2.61 bits per heavy atom. The average molecular weight is 271 g/mol. The van der Waals surface area contributed by atoms with Gasteiger partial charge in [0.2, 0.25) is 10.0 Å². The van der Waals surface area contributed by atoms with E-state index in [1.165, 1.54) is 0 Å². The van der Waals surface area contributed by atoms with Gasteiger partial charge in [-0.25, -0.2) is 13.1 Å². The van der Waals surface area contributed by atoms with Crippen LogP contribution in [0.2, 0.25) is 0 Å². The van der Waals surface area contributed by atoms with Gasteiger partial charge in [-0.3, -0.25) is 0 Å². The van der Waals surface area contributed by atoms with Gasteiger partial charge in [0.1, 0.15) is 0 Å². The summed E-state index contributed by atoms with van der Waals surface area (Å²) in [6.45, 7) is 5.55. The van der Waals surface area contributed by atoms with Gasteiger partial charge in [-0.1, -0.05) is 25.1 Å². The number of nitrogens with one attached hydrogen (secondary N) is 1. The molecule has 1 aromatic carbocycles. The van der Waals surface area contributed by atoms with Gasteiger partial charge in [-0.15, -0.1) is 0 Å². The molecule has 0 saturated heterocycles. The first-order chi connectivity index (χ1) is 8.58. The average Bonchev–Trinajstić information content (AvgIpc) is 2.34. The molecule has 0 spiro atoms. The summed E-state index contributed by atoms with van der Waals surface area (Å²) in [6, 6.07) is 6.96. The zero-order valence-electron chi connectivity index (χ0n) is 11.0. The Hall–Kier alpha value is -0.910. The van der Waals surface area contributed by atoms with E-state index in [1.807, 2.05) is 13.0 Å². The van der Waals surface area contributed by atoms with Crippen molar-refractivity contribution >= 4 is 10.0 Å². The van der Waals surface area contributed by atoms with E-state index >= 15 is 0 Å². The molecule has 4 nitrogen and oxygen atoms in total. The minimum absolute atomic E-state index is 0.347. The molecular weight excluding hydrogens is 250 g/mol. The molecule has 102 valence electrons. The number of hydrogen-bond acceptors (Lipinski definition) is 3. The summed E-state index contributed by atoms with van der Waals surface area (Å²) in [5, 5.41) is 0. The Morgan fingerprint density at radius 1 is 1.22 bits per heavy atom. The van der Waals surface area contributed by atoms with E-state index in [4.69, 9.17) is 4.74 Å². The molecular formula is C13H21NO3S. The van der Waals surface area contributed by atoms with Crippen molar-refractivity contribution in [3.63, 3.8) is 0 Å². The second-order valence-electron chi connectivity index (χ2n) is 4.13.